The largest absolute Gasteiger partial charge is 0.347 e. The highest BCUT2D eigenvalue weighted by Crippen LogP contribution is 2.50. The van der Waals surface area contributed by atoms with Crippen molar-refractivity contribution >= 4 is 21.8 Å². The lowest BCUT2D eigenvalue weighted by molar-refractivity contribution is -0.129. The lowest BCUT2D eigenvalue weighted by atomic mass is 9.77. The third-order valence-corrected chi connectivity index (χ3v) is 5.93. The van der Waals surface area contributed by atoms with E-state index < -0.39 is 0 Å². The van der Waals surface area contributed by atoms with Gasteiger partial charge in [-0.15, -0.1) is 0 Å². The average Bonchev–Trinajstić information content (AvgIpc) is 3.23. The molecule has 1 unspecified atom stereocenters. The molecule has 1 saturated carbocycles. The van der Waals surface area contributed by atoms with Crippen molar-refractivity contribution in [2.75, 3.05) is 14.1 Å². The minimum absolute atomic E-state index is 0.0302. The van der Waals surface area contributed by atoms with Crippen LogP contribution in [0, 0.1) is 5.92 Å². The Kier molecular flexibility index (Phi) is 4.82. The summed E-state index contributed by atoms with van der Waals surface area (Å²) in [5.41, 5.74) is 1.59. The van der Waals surface area contributed by atoms with Crippen molar-refractivity contribution in [2.45, 2.75) is 31.7 Å². The second-order valence-electron chi connectivity index (χ2n) is 7.62. The molecule has 0 aliphatic heterocycles. The molecule has 1 fully saturated rings. The number of amides is 1. The smallest absolute Gasteiger partial charge is 0.261 e. The summed E-state index contributed by atoms with van der Waals surface area (Å²) < 4.78 is 8.19. The Morgan fingerprint density at radius 2 is 2.04 bits per heavy atom. The van der Waals surface area contributed by atoms with Gasteiger partial charge >= 0.3 is 0 Å². The summed E-state index contributed by atoms with van der Waals surface area (Å²) in [6.07, 6.45) is 5.71. The van der Waals surface area contributed by atoms with E-state index in [4.69, 9.17) is 9.51 Å². The van der Waals surface area contributed by atoms with Gasteiger partial charge in [0.1, 0.15) is 6.54 Å². The van der Waals surface area contributed by atoms with Crippen molar-refractivity contribution in [1.29, 1.82) is 0 Å². The van der Waals surface area contributed by atoms with Gasteiger partial charge < -0.3 is 9.42 Å². The summed E-state index contributed by atoms with van der Waals surface area (Å²) in [4.78, 5) is 18.1. The molecule has 0 bridgehead atoms. The molecule has 0 saturated heterocycles. The Bertz CT molecular complexity index is 990. The van der Waals surface area contributed by atoms with E-state index in [-0.39, 0.29) is 17.9 Å². The van der Waals surface area contributed by atoms with Gasteiger partial charge in [0.25, 0.3) is 5.89 Å². The van der Waals surface area contributed by atoms with Crippen molar-refractivity contribution < 1.29 is 9.32 Å². The molecule has 2 aromatic heterocycles. The topological polar surface area (TPSA) is 77.0 Å². The number of halogens is 1. The highest BCUT2D eigenvalue weighted by atomic mass is 79.9. The minimum Gasteiger partial charge on any atom is -0.347 e. The first-order valence-electron chi connectivity index (χ1n) is 9.21. The molecule has 146 valence electrons. The number of nitrogens with zero attached hydrogens (tertiary/aromatic N) is 5. The van der Waals surface area contributed by atoms with Crippen LogP contribution in [0.2, 0.25) is 0 Å². The van der Waals surface area contributed by atoms with E-state index in [0.29, 0.717) is 23.2 Å². The Morgan fingerprint density at radius 3 is 2.68 bits per heavy atom. The summed E-state index contributed by atoms with van der Waals surface area (Å²) in [6.45, 7) is 2.36. The molecule has 1 aliphatic carbocycles. The van der Waals surface area contributed by atoms with Crippen molar-refractivity contribution in [3.63, 3.8) is 0 Å². The van der Waals surface area contributed by atoms with Crippen LogP contribution >= 0.6 is 15.9 Å². The van der Waals surface area contributed by atoms with Crippen molar-refractivity contribution in [1.82, 2.24) is 24.8 Å². The van der Waals surface area contributed by atoms with E-state index in [9.17, 15) is 4.79 Å². The third kappa shape index (κ3) is 3.48. The van der Waals surface area contributed by atoms with E-state index in [1.807, 2.05) is 12.1 Å². The molecule has 7 nitrogen and oxygen atoms in total. The summed E-state index contributed by atoms with van der Waals surface area (Å²) in [7, 11) is 3.44. The van der Waals surface area contributed by atoms with Gasteiger partial charge in [0.2, 0.25) is 5.91 Å². The van der Waals surface area contributed by atoms with Gasteiger partial charge in [-0.25, -0.2) is 0 Å². The van der Waals surface area contributed by atoms with Crippen LogP contribution in [0.3, 0.4) is 0 Å². The quantitative estimate of drug-likeness (QED) is 0.582. The summed E-state index contributed by atoms with van der Waals surface area (Å²) in [6, 6.07) is 8.32. The van der Waals surface area contributed by atoms with E-state index >= 15 is 0 Å². The lowest BCUT2D eigenvalue weighted by Gasteiger charge is -2.26. The number of likely N-dealkylation sites (N-methyl/N-ethyl adjacent to an activating group) is 1. The molecule has 4 rings (SSSR count). The fourth-order valence-electron chi connectivity index (χ4n) is 3.40. The van der Waals surface area contributed by atoms with E-state index in [1.165, 1.54) is 10.5 Å². The molecule has 8 heteroatoms. The van der Waals surface area contributed by atoms with Crippen LogP contribution in [0.5, 0.6) is 0 Å². The highest BCUT2D eigenvalue weighted by molar-refractivity contribution is 9.10. The molecule has 1 amide bonds. The van der Waals surface area contributed by atoms with Gasteiger partial charge in [0, 0.05) is 24.8 Å². The van der Waals surface area contributed by atoms with Crippen molar-refractivity contribution in [2.24, 2.45) is 5.92 Å². The Labute approximate surface area is 171 Å². The minimum atomic E-state index is -0.292. The van der Waals surface area contributed by atoms with E-state index in [0.717, 1.165) is 17.3 Å². The fraction of sp³-hybridized carbons (Fsp3) is 0.400. The molecular weight excluding hydrogens is 422 g/mol. The molecule has 3 aromatic rings. The highest BCUT2D eigenvalue weighted by Gasteiger charge is 2.47. The second-order valence-corrected chi connectivity index (χ2v) is 8.54. The summed E-state index contributed by atoms with van der Waals surface area (Å²) in [5.74, 6) is 1.57. The van der Waals surface area contributed by atoms with Crippen LogP contribution in [-0.4, -0.2) is 44.8 Å². The zero-order valence-electron chi connectivity index (χ0n) is 16.1. The zero-order valence-corrected chi connectivity index (χ0v) is 17.7. The van der Waals surface area contributed by atoms with Gasteiger partial charge in [-0.3, -0.25) is 9.48 Å². The normalized spacial score (nSPS) is 16.0. The summed E-state index contributed by atoms with van der Waals surface area (Å²) in [5, 5.41) is 8.55. The number of carbonyl (C=O) groups is 1. The van der Waals surface area contributed by atoms with Crippen molar-refractivity contribution in [3.8, 4) is 11.5 Å². The molecule has 0 N–H and O–H groups in total. The summed E-state index contributed by atoms with van der Waals surface area (Å²) >= 11 is 3.50. The van der Waals surface area contributed by atoms with Gasteiger partial charge in [0.15, 0.2) is 5.82 Å². The Morgan fingerprint density at radius 1 is 1.32 bits per heavy atom. The second kappa shape index (κ2) is 7.16. The van der Waals surface area contributed by atoms with Gasteiger partial charge in [0.05, 0.1) is 17.2 Å². The van der Waals surface area contributed by atoms with E-state index in [2.05, 4.69) is 45.2 Å². The number of hydrogen-bond acceptors (Lipinski definition) is 5. The maximum Gasteiger partial charge on any atom is 0.261 e. The van der Waals surface area contributed by atoms with Crippen LogP contribution in [0.4, 0.5) is 0 Å². The van der Waals surface area contributed by atoms with Crippen LogP contribution < -0.4 is 0 Å². The van der Waals surface area contributed by atoms with Gasteiger partial charge in [-0.05, 0) is 43.4 Å². The molecule has 0 spiro atoms. The van der Waals surface area contributed by atoms with Crippen LogP contribution in [0.15, 0.2) is 45.7 Å². The first-order valence-corrected chi connectivity index (χ1v) is 10.0. The lowest BCUT2D eigenvalue weighted by Crippen LogP contribution is -2.27. The predicted octanol–water partition coefficient (Wildman–Crippen LogP) is 3.50. The first-order chi connectivity index (χ1) is 13.4. The third-order valence-electron chi connectivity index (χ3n) is 5.40. The monoisotopic (exact) mass is 443 g/mol. The number of aromatic nitrogens is 4. The first kappa shape index (κ1) is 18.9. The number of benzene rings is 1. The van der Waals surface area contributed by atoms with E-state index in [1.54, 1.807) is 31.2 Å². The Balaban J connectivity index is 1.62. The van der Waals surface area contributed by atoms with Gasteiger partial charge in [-0.1, -0.05) is 33.2 Å². The molecule has 28 heavy (non-hydrogen) atoms. The Hall–Kier alpha value is -2.48. The standard InChI is InChI=1S/C20H22BrN5O2/c1-20(14-4-5-14,15-6-8-16(21)9-7-15)19-23-18(28-24-19)13-10-22-26(11-13)12-17(27)25(2)3/h6-11,14H,4-5,12H2,1-3H3. The maximum absolute atomic E-state index is 11.9. The zero-order chi connectivity index (χ0) is 19.9. The van der Waals surface area contributed by atoms with Crippen LogP contribution in [-0.2, 0) is 16.8 Å². The van der Waals surface area contributed by atoms with Crippen LogP contribution in [0.1, 0.15) is 31.2 Å². The molecule has 2 heterocycles. The van der Waals surface area contributed by atoms with Crippen LogP contribution in [0.25, 0.3) is 11.5 Å². The fourth-order valence-corrected chi connectivity index (χ4v) is 3.66. The molecule has 1 aliphatic rings. The number of hydrogen-bond donors (Lipinski definition) is 0. The predicted molar refractivity (Wildman–Crippen MR) is 108 cm³/mol. The number of carbonyl (C=O) groups excluding carboxylic acids is 1. The van der Waals surface area contributed by atoms with Gasteiger partial charge in [-0.2, -0.15) is 10.1 Å². The van der Waals surface area contributed by atoms with Crippen molar-refractivity contribution in [3.05, 3.63) is 52.5 Å². The molecule has 0 radical (unpaired) electrons. The number of rotatable bonds is 6. The maximum atomic E-state index is 11.9. The molecule has 1 atom stereocenters. The SMILES string of the molecule is CN(C)C(=O)Cn1cc(-c2nc(C(C)(c3ccc(Br)cc3)C3CC3)no2)cn1. The average molecular weight is 444 g/mol. The molecule has 1 aromatic carbocycles. The molecular formula is C20H22BrN5O2.